The topological polar surface area (TPSA) is 49.3 Å². The van der Waals surface area contributed by atoms with Crippen molar-refractivity contribution in [2.75, 3.05) is 6.54 Å². The maximum Gasteiger partial charge on any atom is 0.320 e. The lowest BCUT2D eigenvalue weighted by molar-refractivity contribution is -0.139. The van der Waals surface area contributed by atoms with Crippen molar-refractivity contribution in [3.05, 3.63) is 0 Å². The van der Waals surface area contributed by atoms with Crippen molar-refractivity contribution >= 4 is 5.97 Å². The summed E-state index contributed by atoms with van der Waals surface area (Å²) in [4.78, 5) is 11.1. The van der Waals surface area contributed by atoms with Crippen molar-refractivity contribution in [2.45, 2.75) is 97.4 Å². The van der Waals surface area contributed by atoms with Crippen LogP contribution in [0.4, 0.5) is 0 Å². The third kappa shape index (κ3) is 14.1. The fourth-order valence-corrected chi connectivity index (χ4v) is 2.63. The van der Waals surface area contributed by atoms with Gasteiger partial charge in [-0.3, -0.25) is 4.79 Å². The van der Waals surface area contributed by atoms with Crippen molar-refractivity contribution in [3.8, 4) is 0 Å². The summed E-state index contributed by atoms with van der Waals surface area (Å²) in [5, 5.41) is 12.3. The monoisotopic (exact) mass is 299 g/mol. The molecule has 0 aliphatic heterocycles. The second kappa shape index (κ2) is 14.4. The Morgan fingerprint density at radius 1 is 0.905 bits per heavy atom. The van der Waals surface area contributed by atoms with Crippen LogP contribution in [0, 0.1) is 5.92 Å². The minimum Gasteiger partial charge on any atom is -0.480 e. The van der Waals surface area contributed by atoms with E-state index in [0.29, 0.717) is 12.3 Å². The van der Waals surface area contributed by atoms with E-state index in [1.165, 1.54) is 57.8 Å². The van der Waals surface area contributed by atoms with Crippen LogP contribution < -0.4 is 5.32 Å². The van der Waals surface area contributed by atoms with Crippen LogP contribution in [-0.4, -0.2) is 23.7 Å². The Kier molecular flexibility index (Phi) is 14.0. The lowest BCUT2D eigenvalue weighted by Gasteiger charge is -2.16. The van der Waals surface area contributed by atoms with E-state index in [0.717, 1.165) is 13.0 Å². The summed E-state index contributed by atoms with van der Waals surface area (Å²) < 4.78 is 0. The first-order valence-corrected chi connectivity index (χ1v) is 9.04. The molecule has 3 nitrogen and oxygen atoms in total. The van der Waals surface area contributed by atoms with Gasteiger partial charge < -0.3 is 10.4 Å². The number of carboxylic acids is 1. The van der Waals surface area contributed by atoms with Crippen molar-refractivity contribution in [2.24, 2.45) is 5.92 Å². The van der Waals surface area contributed by atoms with Gasteiger partial charge in [-0.1, -0.05) is 78.6 Å². The van der Waals surface area contributed by atoms with Gasteiger partial charge in [-0.05, 0) is 25.3 Å². The Morgan fingerprint density at radius 3 is 1.81 bits per heavy atom. The Labute approximate surface area is 131 Å². The number of hydrogen-bond donors (Lipinski definition) is 2. The molecule has 1 unspecified atom stereocenters. The van der Waals surface area contributed by atoms with Gasteiger partial charge in [0, 0.05) is 0 Å². The maximum absolute atomic E-state index is 11.1. The molecule has 0 saturated heterocycles. The zero-order valence-electron chi connectivity index (χ0n) is 14.5. The van der Waals surface area contributed by atoms with Gasteiger partial charge >= 0.3 is 5.97 Å². The zero-order chi connectivity index (χ0) is 15.9. The molecule has 126 valence electrons. The highest BCUT2D eigenvalue weighted by Gasteiger charge is 2.17. The van der Waals surface area contributed by atoms with Gasteiger partial charge in [-0.15, -0.1) is 0 Å². The van der Waals surface area contributed by atoms with E-state index in [1.54, 1.807) is 0 Å². The molecule has 0 rings (SSSR count). The third-order valence-electron chi connectivity index (χ3n) is 3.93. The second-order valence-corrected chi connectivity index (χ2v) is 6.66. The highest BCUT2D eigenvalue weighted by atomic mass is 16.4. The third-order valence-corrected chi connectivity index (χ3v) is 3.93. The van der Waals surface area contributed by atoms with Gasteiger partial charge in [0.15, 0.2) is 0 Å². The summed E-state index contributed by atoms with van der Waals surface area (Å²) in [7, 11) is 0. The molecule has 0 saturated carbocycles. The molecule has 0 fully saturated rings. The van der Waals surface area contributed by atoms with Crippen molar-refractivity contribution in [1.82, 2.24) is 5.32 Å². The molecular formula is C18H37NO2. The normalized spacial score (nSPS) is 12.8. The van der Waals surface area contributed by atoms with E-state index >= 15 is 0 Å². The van der Waals surface area contributed by atoms with E-state index in [-0.39, 0.29) is 6.04 Å². The number of unbranched alkanes of at least 4 members (excludes halogenated alkanes) is 9. The van der Waals surface area contributed by atoms with Crippen LogP contribution >= 0.6 is 0 Å². The quantitative estimate of drug-likeness (QED) is 0.418. The Morgan fingerprint density at radius 2 is 1.38 bits per heavy atom. The first kappa shape index (κ1) is 20.4. The van der Waals surface area contributed by atoms with E-state index in [9.17, 15) is 4.79 Å². The van der Waals surface area contributed by atoms with Crippen molar-refractivity contribution in [3.63, 3.8) is 0 Å². The van der Waals surface area contributed by atoms with Crippen LogP contribution in [0.1, 0.15) is 91.4 Å². The van der Waals surface area contributed by atoms with E-state index in [1.807, 2.05) is 0 Å². The molecule has 0 aromatic carbocycles. The number of aliphatic carboxylic acids is 1. The largest absolute Gasteiger partial charge is 0.480 e. The molecule has 0 aromatic rings. The van der Waals surface area contributed by atoms with Crippen LogP contribution in [0.15, 0.2) is 0 Å². The molecule has 0 aliphatic carbocycles. The highest BCUT2D eigenvalue weighted by molar-refractivity contribution is 5.73. The van der Waals surface area contributed by atoms with Crippen molar-refractivity contribution < 1.29 is 9.90 Å². The molecule has 0 radical (unpaired) electrons. The summed E-state index contributed by atoms with van der Waals surface area (Å²) in [6, 6.07) is -0.372. The molecule has 0 heterocycles. The van der Waals surface area contributed by atoms with Crippen molar-refractivity contribution in [1.29, 1.82) is 0 Å². The predicted molar refractivity (Wildman–Crippen MR) is 90.7 cm³/mol. The minimum atomic E-state index is -0.712. The van der Waals surface area contributed by atoms with Gasteiger partial charge in [0.1, 0.15) is 6.04 Å². The molecule has 0 bridgehead atoms. The summed E-state index contributed by atoms with van der Waals surface area (Å²) >= 11 is 0. The molecule has 21 heavy (non-hydrogen) atoms. The number of carboxylic acid groups (broad SMARTS) is 1. The Bertz CT molecular complexity index is 241. The molecule has 0 spiro atoms. The number of nitrogens with one attached hydrogen (secondary N) is 1. The summed E-state index contributed by atoms with van der Waals surface area (Å²) in [5.41, 5.74) is 0. The second-order valence-electron chi connectivity index (χ2n) is 6.66. The lowest BCUT2D eigenvalue weighted by Crippen LogP contribution is -2.38. The SMILES string of the molecule is CCCCCCCCCCCCNC(CC(C)C)C(=O)O. The molecular weight excluding hydrogens is 262 g/mol. The molecule has 0 aliphatic rings. The van der Waals surface area contributed by atoms with E-state index in [2.05, 4.69) is 26.1 Å². The molecule has 2 N–H and O–H groups in total. The standard InChI is InChI=1S/C18H37NO2/c1-4-5-6-7-8-9-10-11-12-13-14-19-17(18(20)21)15-16(2)3/h16-17,19H,4-15H2,1-3H3,(H,20,21). The Hall–Kier alpha value is -0.570. The van der Waals surface area contributed by atoms with E-state index < -0.39 is 5.97 Å². The number of rotatable bonds is 15. The predicted octanol–water partition coefficient (Wildman–Crippen LogP) is 5.00. The summed E-state index contributed by atoms with van der Waals surface area (Å²) in [5.74, 6) is -0.290. The fourth-order valence-electron chi connectivity index (χ4n) is 2.63. The minimum absolute atomic E-state index is 0.372. The summed E-state index contributed by atoms with van der Waals surface area (Å²) in [6.45, 7) is 7.22. The first-order valence-electron chi connectivity index (χ1n) is 9.04. The van der Waals surface area contributed by atoms with E-state index in [4.69, 9.17) is 5.11 Å². The molecule has 1 atom stereocenters. The fraction of sp³-hybridized carbons (Fsp3) is 0.944. The molecule has 0 amide bonds. The Balaban J connectivity index is 3.36. The van der Waals surface area contributed by atoms with Gasteiger partial charge in [-0.25, -0.2) is 0 Å². The van der Waals surface area contributed by atoms with Gasteiger partial charge in [0.25, 0.3) is 0 Å². The number of hydrogen-bond acceptors (Lipinski definition) is 2. The first-order chi connectivity index (χ1) is 10.1. The average molecular weight is 299 g/mol. The van der Waals surface area contributed by atoms with Crippen LogP contribution in [-0.2, 0) is 4.79 Å². The molecule has 3 heteroatoms. The smallest absolute Gasteiger partial charge is 0.320 e. The lowest BCUT2D eigenvalue weighted by atomic mass is 10.0. The van der Waals surface area contributed by atoms with Gasteiger partial charge in [-0.2, -0.15) is 0 Å². The maximum atomic E-state index is 11.1. The van der Waals surface area contributed by atoms with Crippen LogP contribution in [0.3, 0.4) is 0 Å². The van der Waals surface area contributed by atoms with Gasteiger partial charge in [0.2, 0.25) is 0 Å². The highest BCUT2D eigenvalue weighted by Crippen LogP contribution is 2.10. The zero-order valence-corrected chi connectivity index (χ0v) is 14.5. The van der Waals surface area contributed by atoms with Crippen LogP contribution in [0.5, 0.6) is 0 Å². The average Bonchev–Trinajstić information content (AvgIpc) is 2.42. The molecule has 0 aromatic heterocycles. The van der Waals surface area contributed by atoms with Crippen LogP contribution in [0.25, 0.3) is 0 Å². The summed E-state index contributed by atoms with van der Waals surface area (Å²) in [6.07, 6.45) is 13.9. The number of carbonyl (C=O) groups is 1. The van der Waals surface area contributed by atoms with Gasteiger partial charge in [0.05, 0.1) is 0 Å². The van der Waals surface area contributed by atoms with Crippen LogP contribution in [0.2, 0.25) is 0 Å².